The van der Waals surface area contributed by atoms with Crippen molar-refractivity contribution in [3.05, 3.63) is 58.7 Å². The largest absolute Gasteiger partial charge is 0.449 e. The van der Waals surface area contributed by atoms with E-state index >= 15 is 0 Å². The maximum atomic E-state index is 12.0. The molecular weight excluding hydrogens is 304 g/mol. The van der Waals surface area contributed by atoms with Crippen LogP contribution in [0.25, 0.3) is 0 Å². The number of hydrogen-bond acceptors (Lipinski definition) is 4. The molecule has 0 bridgehead atoms. The van der Waals surface area contributed by atoms with Crippen molar-refractivity contribution in [2.75, 3.05) is 5.32 Å². The van der Waals surface area contributed by atoms with Crippen molar-refractivity contribution in [3.63, 3.8) is 0 Å². The van der Waals surface area contributed by atoms with Gasteiger partial charge >= 0.3 is 5.97 Å². The molecule has 0 saturated heterocycles. The Hall–Kier alpha value is -2.40. The van der Waals surface area contributed by atoms with Gasteiger partial charge in [0.05, 0.1) is 10.6 Å². The van der Waals surface area contributed by atoms with Crippen molar-refractivity contribution in [1.29, 1.82) is 0 Å². The van der Waals surface area contributed by atoms with E-state index in [2.05, 4.69) is 10.3 Å². The van der Waals surface area contributed by atoms with Gasteiger partial charge < -0.3 is 10.1 Å². The van der Waals surface area contributed by atoms with Crippen molar-refractivity contribution < 1.29 is 14.3 Å². The second kappa shape index (κ2) is 7.04. The van der Waals surface area contributed by atoms with E-state index in [1.165, 1.54) is 13.1 Å². The van der Waals surface area contributed by atoms with Gasteiger partial charge in [-0.2, -0.15) is 0 Å². The molecule has 0 aliphatic carbocycles. The second-order valence-corrected chi connectivity index (χ2v) is 5.20. The molecule has 0 saturated carbocycles. The summed E-state index contributed by atoms with van der Waals surface area (Å²) >= 11 is 5.71. The minimum absolute atomic E-state index is 0.340. The zero-order chi connectivity index (χ0) is 16.1. The summed E-state index contributed by atoms with van der Waals surface area (Å²) in [5.74, 6) is -0.672. The maximum Gasteiger partial charge on any atom is 0.338 e. The number of esters is 1. The predicted octanol–water partition coefficient (Wildman–Crippen LogP) is 3.23. The number of anilines is 1. The minimum Gasteiger partial charge on any atom is -0.449 e. The van der Waals surface area contributed by atoms with Crippen LogP contribution in [0.4, 0.5) is 5.82 Å². The first kappa shape index (κ1) is 16.0. The Bertz CT molecular complexity index is 669. The van der Waals surface area contributed by atoms with Gasteiger partial charge in [0, 0.05) is 6.20 Å². The number of halogens is 1. The third-order valence-corrected chi connectivity index (χ3v) is 3.14. The molecule has 1 amide bonds. The lowest BCUT2D eigenvalue weighted by Crippen LogP contribution is -2.30. The van der Waals surface area contributed by atoms with Gasteiger partial charge in [-0.1, -0.05) is 29.3 Å². The average molecular weight is 319 g/mol. The Morgan fingerprint density at radius 3 is 2.45 bits per heavy atom. The standard InChI is InChI=1S/C16H15ClN2O3/c1-10-3-5-12(6-4-10)16(21)22-11(2)15(20)19-14-8-7-13(17)9-18-14/h3-9,11H,1-2H3,(H,18,19,20). The number of benzene rings is 1. The van der Waals surface area contributed by atoms with Crippen molar-refractivity contribution >= 4 is 29.3 Å². The molecule has 5 nitrogen and oxygen atoms in total. The van der Waals surface area contributed by atoms with E-state index in [1.807, 2.05) is 6.92 Å². The third kappa shape index (κ3) is 4.30. The Labute approximate surface area is 133 Å². The number of aryl methyl sites for hydroxylation is 1. The molecule has 0 aliphatic rings. The summed E-state index contributed by atoms with van der Waals surface area (Å²) in [5.41, 5.74) is 1.44. The van der Waals surface area contributed by atoms with Gasteiger partial charge in [-0.05, 0) is 38.1 Å². The number of carbonyl (C=O) groups excluding carboxylic acids is 2. The number of rotatable bonds is 4. The van der Waals surface area contributed by atoms with Crippen molar-refractivity contribution in [3.8, 4) is 0 Å². The molecule has 0 aliphatic heterocycles. The highest BCUT2D eigenvalue weighted by atomic mass is 35.5. The number of hydrogen-bond donors (Lipinski definition) is 1. The molecule has 1 aromatic heterocycles. The smallest absolute Gasteiger partial charge is 0.338 e. The summed E-state index contributed by atoms with van der Waals surface area (Å²) in [6.07, 6.45) is 0.478. The van der Waals surface area contributed by atoms with Crippen LogP contribution in [-0.4, -0.2) is 23.0 Å². The van der Waals surface area contributed by atoms with E-state index in [1.54, 1.807) is 36.4 Å². The van der Waals surface area contributed by atoms with Gasteiger partial charge in [-0.15, -0.1) is 0 Å². The van der Waals surface area contributed by atoms with Crippen molar-refractivity contribution in [2.24, 2.45) is 0 Å². The number of ether oxygens (including phenoxy) is 1. The van der Waals surface area contributed by atoms with Crippen molar-refractivity contribution in [1.82, 2.24) is 4.98 Å². The first-order chi connectivity index (χ1) is 10.5. The van der Waals surface area contributed by atoms with Gasteiger partial charge in [-0.3, -0.25) is 4.79 Å². The summed E-state index contributed by atoms with van der Waals surface area (Å²) in [6.45, 7) is 3.42. The fraction of sp³-hybridized carbons (Fsp3) is 0.188. The maximum absolute atomic E-state index is 12.0. The highest BCUT2D eigenvalue weighted by Crippen LogP contribution is 2.11. The first-order valence-corrected chi connectivity index (χ1v) is 7.03. The topological polar surface area (TPSA) is 68.3 Å². The predicted molar refractivity (Wildman–Crippen MR) is 83.9 cm³/mol. The van der Waals surface area contributed by atoms with Crippen LogP contribution in [0, 0.1) is 6.92 Å². The van der Waals surface area contributed by atoms with Gasteiger partial charge in [0.2, 0.25) is 0 Å². The highest BCUT2D eigenvalue weighted by molar-refractivity contribution is 6.30. The second-order valence-electron chi connectivity index (χ2n) is 4.76. The zero-order valence-corrected chi connectivity index (χ0v) is 12.9. The van der Waals surface area contributed by atoms with Gasteiger partial charge in [0.25, 0.3) is 5.91 Å². The number of aromatic nitrogens is 1. The fourth-order valence-electron chi connectivity index (χ4n) is 1.65. The van der Waals surface area contributed by atoms with E-state index in [-0.39, 0.29) is 0 Å². The van der Waals surface area contributed by atoms with Gasteiger partial charge in [0.1, 0.15) is 5.82 Å². The number of pyridine rings is 1. The molecule has 1 N–H and O–H groups in total. The van der Waals surface area contributed by atoms with E-state index < -0.39 is 18.0 Å². The van der Waals surface area contributed by atoms with Crippen LogP contribution in [0.5, 0.6) is 0 Å². The summed E-state index contributed by atoms with van der Waals surface area (Å²) < 4.78 is 5.13. The Balaban J connectivity index is 1.94. The number of nitrogens with zero attached hydrogens (tertiary/aromatic N) is 1. The van der Waals surface area contributed by atoms with E-state index in [9.17, 15) is 9.59 Å². The summed E-state index contributed by atoms with van der Waals surface area (Å²) in [5, 5.41) is 3.02. The molecule has 114 valence electrons. The lowest BCUT2D eigenvalue weighted by Gasteiger charge is -2.13. The molecule has 1 atom stereocenters. The Kier molecular flexibility index (Phi) is 5.12. The number of carbonyl (C=O) groups is 2. The normalized spacial score (nSPS) is 11.6. The lowest BCUT2D eigenvalue weighted by molar-refractivity contribution is -0.123. The zero-order valence-electron chi connectivity index (χ0n) is 12.2. The van der Waals surface area contributed by atoms with Crippen LogP contribution < -0.4 is 5.32 Å². The third-order valence-electron chi connectivity index (χ3n) is 2.92. The minimum atomic E-state index is -0.939. The molecule has 1 unspecified atom stereocenters. The van der Waals surface area contributed by atoms with Crippen LogP contribution in [0.3, 0.4) is 0 Å². The molecule has 6 heteroatoms. The molecule has 2 aromatic rings. The quantitative estimate of drug-likeness (QED) is 0.879. The molecule has 22 heavy (non-hydrogen) atoms. The van der Waals surface area contributed by atoms with Crippen LogP contribution in [0.15, 0.2) is 42.6 Å². The summed E-state index contributed by atoms with van der Waals surface area (Å²) in [4.78, 5) is 27.8. The lowest BCUT2D eigenvalue weighted by atomic mass is 10.1. The van der Waals surface area contributed by atoms with Crippen LogP contribution in [-0.2, 0) is 9.53 Å². The average Bonchev–Trinajstić information content (AvgIpc) is 2.50. The molecule has 0 radical (unpaired) electrons. The monoisotopic (exact) mass is 318 g/mol. The Morgan fingerprint density at radius 1 is 1.18 bits per heavy atom. The van der Waals surface area contributed by atoms with Gasteiger partial charge in [0.15, 0.2) is 6.10 Å². The molecule has 0 fully saturated rings. The first-order valence-electron chi connectivity index (χ1n) is 6.66. The van der Waals surface area contributed by atoms with E-state index in [4.69, 9.17) is 16.3 Å². The van der Waals surface area contributed by atoms with Crippen LogP contribution >= 0.6 is 11.6 Å². The molecule has 1 heterocycles. The number of nitrogens with one attached hydrogen (secondary N) is 1. The Morgan fingerprint density at radius 2 is 1.86 bits per heavy atom. The van der Waals surface area contributed by atoms with Gasteiger partial charge in [-0.25, -0.2) is 9.78 Å². The van der Waals surface area contributed by atoms with Crippen LogP contribution in [0.1, 0.15) is 22.8 Å². The SMILES string of the molecule is Cc1ccc(C(=O)OC(C)C(=O)Nc2ccc(Cl)cn2)cc1. The van der Waals surface area contributed by atoms with E-state index in [0.29, 0.717) is 16.4 Å². The number of amides is 1. The van der Waals surface area contributed by atoms with E-state index in [0.717, 1.165) is 5.56 Å². The molecule has 1 aromatic carbocycles. The summed E-state index contributed by atoms with van der Waals surface area (Å²) in [7, 11) is 0. The molecule has 0 spiro atoms. The molecule has 2 rings (SSSR count). The van der Waals surface area contributed by atoms with Crippen LogP contribution in [0.2, 0.25) is 5.02 Å². The molecular formula is C16H15ClN2O3. The van der Waals surface area contributed by atoms with Crippen molar-refractivity contribution in [2.45, 2.75) is 20.0 Å². The highest BCUT2D eigenvalue weighted by Gasteiger charge is 2.19. The fourth-order valence-corrected chi connectivity index (χ4v) is 1.76. The summed E-state index contributed by atoms with van der Waals surface area (Å²) in [6, 6.07) is 10.1.